The Hall–Kier alpha value is -3.45. The van der Waals surface area contributed by atoms with Crippen LogP contribution in [-0.2, 0) is 28.7 Å². The lowest BCUT2D eigenvalue weighted by atomic mass is 9.77. The summed E-state index contributed by atoms with van der Waals surface area (Å²) in [5.74, 6) is -2.77. The van der Waals surface area contributed by atoms with E-state index in [0.717, 1.165) is 41.8 Å². The van der Waals surface area contributed by atoms with Crippen LogP contribution in [0.1, 0.15) is 54.9 Å². The highest BCUT2D eigenvalue weighted by atomic mass is 35.5. The van der Waals surface area contributed by atoms with Gasteiger partial charge in [-0.15, -0.1) is 24.8 Å². The van der Waals surface area contributed by atoms with Crippen LogP contribution in [0.15, 0.2) is 58.9 Å². The number of benzene rings is 2. The molecule has 0 saturated heterocycles. The van der Waals surface area contributed by atoms with Gasteiger partial charge in [0.2, 0.25) is 0 Å². The summed E-state index contributed by atoms with van der Waals surface area (Å²) in [4.78, 5) is 29.4. The predicted octanol–water partition coefficient (Wildman–Crippen LogP) is 5.85. The number of carbonyl (C=O) groups is 2. The van der Waals surface area contributed by atoms with E-state index in [-0.39, 0.29) is 54.4 Å². The minimum absolute atomic E-state index is 0. The normalized spacial score (nSPS) is 17.2. The molecule has 4 N–H and O–H groups in total. The molecule has 9 nitrogen and oxygen atoms in total. The Balaban J connectivity index is 0.00000368. The molecule has 0 radical (unpaired) electrons. The summed E-state index contributed by atoms with van der Waals surface area (Å²) in [6.07, 6.45) is -3.53. The van der Waals surface area contributed by atoms with E-state index in [1.807, 2.05) is 12.1 Å². The van der Waals surface area contributed by atoms with E-state index in [0.29, 0.717) is 42.5 Å². The third-order valence-corrected chi connectivity index (χ3v) is 8.13. The molecule has 254 valence electrons. The number of nitrogens with zero attached hydrogens (tertiary/aromatic N) is 2. The van der Waals surface area contributed by atoms with Crippen molar-refractivity contribution in [1.82, 2.24) is 9.80 Å². The first-order valence-corrected chi connectivity index (χ1v) is 14.1. The van der Waals surface area contributed by atoms with Crippen molar-refractivity contribution in [1.29, 1.82) is 0 Å². The van der Waals surface area contributed by atoms with Gasteiger partial charge in [-0.25, -0.2) is 9.59 Å². The van der Waals surface area contributed by atoms with E-state index in [1.165, 1.54) is 0 Å². The maximum absolute atomic E-state index is 13.3. The van der Waals surface area contributed by atoms with E-state index in [9.17, 15) is 33.0 Å². The monoisotopic (exact) mass is 689 g/mol. The van der Waals surface area contributed by atoms with Crippen LogP contribution in [0.25, 0.3) is 0 Å². The van der Waals surface area contributed by atoms with Gasteiger partial charge in [-0.2, -0.15) is 13.2 Å². The molecule has 14 heteroatoms. The molecule has 2 aliphatic heterocycles. The Labute approximate surface area is 278 Å². The number of hydrogen-bond donors (Lipinski definition) is 3. The first-order valence-electron chi connectivity index (χ1n) is 14.1. The largest absolute Gasteiger partial charge is 0.493 e. The molecule has 0 aromatic heterocycles. The second-order valence-electron chi connectivity index (χ2n) is 11.9. The van der Waals surface area contributed by atoms with Crippen molar-refractivity contribution in [2.24, 2.45) is 5.73 Å². The quantitative estimate of drug-likeness (QED) is 0.282. The molecule has 0 bridgehead atoms. The fraction of sp³-hybridized carbons (Fsp3) is 0.438. The van der Waals surface area contributed by atoms with Crippen molar-refractivity contribution in [3.05, 3.63) is 81.2 Å². The van der Waals surface area contributed by atoms with Crippen molar-refractivity contribution in [2.45, 2.75) is 57.3 Å². The molecule has 1 unspecified atom stereocenters. The SMILES string of the molecule is COc1cc2c(cc1OC)CN(CCC1=C(C(=O)O)C(c3ccc(C(F)(F)F)cc3)C(C(=O)O)=C(CC(C)(C)N)N1C)CC2.Cl.Cl. The fourth-order valence-corrected chi connectivity index (χ4v) is 6.04. The van der Waals surface area contributed by atoms with Gasteiger partial charge in [0, 0.05) is 56.5 Å². The lowest BCUT2D eigenvalue weighted by molar-refractivity contribution is -0.138. The van der Waals surface area contributed by atoms with Crippen molar-refractivity contribution in [3.8, 4) is 11.5 Å². The average molecular weight is 691 g/mol. The Morgan fingerprint density at radius 2 is 1.46 bits per heavy atom. The highest BCUT2D eigenvalue weighted by Crippen LogP contribution is 2.45. The highest BCUT2D eigenvalue weighted by Gasteiger charge is 2.42. The maximum atomic E-state index is 13.3. The molecule has 0 aliphatic carbocycles. The zero-order valence-electron chi connectivity index (χ0n) is 26.2. The number of fused-ring (bicyclic) bond motifs is 1. The number of hydrogen-bond acceptors (Lipinski definition) is 7. The Kier molecular flexibility index (Phi) is 12.6. The number of halogens is 5. The van der Waals surface area contributed by atoms with E-state index in [2.05, 4.69) is 4.90 Å². The number of alkyl halides is 3. The molecule has 1 atom stereocenters. The zero-order chi connectivity index (χ0) is 32.6. The minimum Gasteiger partial charge on any atom is -0.493 e. The van der Waals surface area contributed by atoms with Crippen LogP contribution >= 0.6 is 24.8 Å². The number of ether oxygens (including phenoxy) is 2. The molecule has 0 fully saturated rings. The van der Waals surface area contributed by atoms with Gasteiger partial charge >= 0.3 is 18.1 Å². The second kappa shape index (κ2) is 15.0. The van der Waals surface area contributed by atoms with Gasteiger partial charge < -0.3 is 30.3 Å². The van der Waals surface area contributed by atoms with Crippen molar-refractivity contribution < 1.29 is 42.4 Å². The van der Waals surface area contributed by atoms with Gasteiger partial charge in [0.05, 0.1) is 36.8 Å². The second-order valence-corrected chi connectivity index (χ2v) is 11.9. The topological polar surface area (TPSA) is 126 Å². The summed E-state index contributed by atoms with van der Waals surface area (Å²) in [5, 5.41) is 20.9. The van der Waals surface area contributed by atoms with Gasteiger partial charge in [-0.05, 0) is 61.2 Å². The summed E-state index contributed by atoms with van der Waals surface area (Å²) in [7, 11) is 4.76. The van der Waals surface area contributed by atoms with E-state index < -0.39 is 35.1 Å². The van der Waals surface area contributed by atoms with Crippen LogP contribution in [0.5, 0.6) is 11.5 Å². The zero-order valence-corrected chi connectivity index (χ0v) is 27.9. The lowest BCUT2D eigenvalue weighted by Crippen LogP contribution is -2.41. The lowest BCUT2D eigenvalue weighted by Gasteiger charge is -2.40. The molecule has 2 aromatic carbocycles. The maximum Gasteiger partial charge on any atom is 0.416 e. The fourth-order valence-electron chi connectivity index (χ4n) is 6.04. The Morgan fingerprint density at radius 3 is 1.93 bits per heavy atom. The van der Waals surface area contributed by atoms with Crippen molar-refractivity contribution in [2.75, 3.05) is 34.4 Å². The van der Waals surface area contributed by atoms with Gasteiger partial charge in [0.1, 0.15) is 0 Å². The molecule has 2 aromatic rings. The first kappa shape index (κ1) is 38.7. The van der Waals surface area contributed by atoms with E-state index in [4.69, 9.17) is 15.2 Å². The number of methoxy groups -OCH3 is 2. The summed E-state index contributed by atoms with van der Waals surface area (Å²) < 4.78 is 50.9. The molecule has 46 heavy (non-hydrogen) atoms. The smallest absolute Gasteiger partial charge is 0.416 e. The molecule has 0 saturated carbocycles. The molecule has 0 amide bonds. The summed E-state index contributed by atoms with van der Waals surface area (Å²) >= 11 is 0. The van der Waals surface area contributed by atoms with E-state index >= 15 is 0 Å². The third kappa shape index (κ3) is 8.28. The van der Waals surface area contributed by atoms with Crippen LogP contribution in [0.3, 0.4) is 0 Å². The molecular formula is C32H40Cl2F3N3O6. The first-order chi connectivity index (χ1) is 20.6. The van der Waals surface area contributed by atoms with Gasteiger partial charge in [-0.3, -0.25) is 4.90 Å². The Morgan fingerprint density at radius 1 is 0.935 bits per heavy atom. The van der Waals surface area contributed by atoms with Crippen LogP contribution in [-0.4, -0.2) is 71.8 Å². The number of rotatable bonds is 10. The highest BCUT2D eigenvalue weighted by molar-refractivity contribution is 5.98. The summed E-state index contributed by atoms with van der Waals surface area (Å²) in [6.45, 7) is 5.18. The third-order valence-electron chi connectivity index (χ3n) is 8.13. The number of carboxylic acid groups (broad SMARTS) is 2. The Bertz CT molecular complexity index is 1500. The number of carboxylic acids is 2. The van der Waals surface area contributed by atoms with Crippen LogP contribution < -0.4 is 15.2 Å². The van der Waals surface area contributed by atoms with Gasteiger partial charge in [0.25, 0.3) is 0 Å². The summed E-state index contributed by atoms with van der Waals surface area (Å²) in [5.41, 5.74) is 7.15. The van der Waals surface area contributed by atoms with Crippen molar-refractivity contribution >= 4 is 36.8 Å². The van der Waals surface area contributed by atoms with Crippen LogP contribution in [0, 0.1) is 0 Å². The molecule has 0 spiro atoms. The van der Waals surface area contributed by atoms with E-state index in [1.54, 1.807) is 40.0 Å². The molecular weight excluding hydrogens is 650 g/mol. The van der Waals surface area contributed by atoms with Crippen molar-refractivity contribution in [3.63, 3.8) is 0 Å². The number of nitrogens with two attached hydrogens (primary N) is 1. The standard InChI is InChI=1S/C32H38F3N3O6.2ClH/c1-31(2,36)16-23-28(30(41)42)26(18-6-8-21(9-7-18)32(33,34)35)27(29(39)40)22(37(23)3)11-13-38-12-10-19-14-24(43-4)25(44-5)15-20(19)17-38;;/h6-9,14-15,26H,10-13,16-17,36H2,1-5H3,(H,39,40)(H,41,42);2*1H. The molecule has 2 aliphatic rings. The van der Waals surface area contributed by atoms with Crippen LogP contribution in [0.2, 0.25) is 0 Å². The average Bonchev–Trinajstić information content (AvgIpc) is 2.94. The minimum atomic E-state index is -4.61. The number of aliphatic carboxylic acids is 2. The van der Waals surface area contributed by atoms with Gasteiger partial charge in [-0.1, -0.05) is 12.1 Å². The summed E-state index contributed by atoms with van der Waals surface area (Å²) in [6, 6.07) is 7.87. The molecule has 2 heterocycles. The molecule has 4 rings (SSSR count). The predicted molar refractivity (Wildman–Crippen MR) is 172 cm³/mol. The van der Waals surface area contributed by atoms with Crippen LogP contribution in [0.4, 0.5) is 13.2 Å². The van der Waals surface area contributed by atoms with Gasteiger partial charge in [0.15, 0.2) is 11.5 Å².